The van der Waals surface area contributed by atoms with Crippen LogP contribution in [0, 0.1) is 0 Å². The van der Waals surface area contributed by atoms with Crippen LogP contribution >= 0.6 is 0 Å². The van der Waals surface area contributed by atoms with E-state index >= 15 is 0 Å². The Balaban J connectivity index is 2.23. The zero-order valence-corrected chi connectivity index (χ0v) is 9.60. The number of para-hydroxylation sites is 2. The van der Waals surface area contributed by atoms with Crippen molar-refractivity contribution in [2.75, 3.05) is 30.0 Å². The minimum absolute atomic E-state index is 0.00187. The Kier molecular flexibility index (Phi) is 3.39. The van der Waals surface area contributed by atoms with Gasteiger partial charge in [-0.3, -0.25) is 14.5 Å². The van der Waals surface area contributed by atoms with Gasteiger partial charge in [0.25, 0.3) is 5.91 Å². The second-order valence-corrected chi connectivity index (χ2v) is 3.68. The average molecular weight is 234 g/mol. The minimum Gasteiger partial charge on any atom is -0.372 e. The molecule has 0 saturated carbocycles. The number of anilines is 2. The predicted molar refractivity (Wildman–Crippen MR) is 63.9 cm³/mol. The second-order valence-electron chi connectivity index (χ2n) is 3.68. The molecule has 1 aliphatic heterocycles. The van der Waals surface area contributed by atoms with E-state index in [1.54, 1.807) is 12.1 Å². The Morgan fingerprint density at radius 3 is 3.00 bits per heavy atom. The zero-order chi connectivity index (χ0) is 12.3. The van der Waals surface area contributed by atoms with Crippen molar-refractivity contribution in [3.63, 3.8) is 0 Å². The number of carbonyl (C=O) groups excluding carboxylic acids is 2. The van der Waals surface area contributed by atoms with Gasteiger partial charge in [-0.15, -0.1) is 0 Å². The van der Waals surface area contributed by atoms with Gasteiger partial charge in [-0.1, -0.05) is 12.1 Å². The summed E-state index contributed by atoms with van der Waals surface area (Å²) in [5, 5.41) is 2.73. The number of nitrogens with one attached hydrogen (secondary N) is 1. The highest BCUT2D eigenvalue weighted by Gasteiger charge is 2.26. The number of amides is 2. The molecule has 1 N–H and O–H groups in total. The van der Waals surface area contributed by atoms with Crippen molar-refractivity contribution < 1.29 is 14.3 Å². The predicted octanol–water partition coefficient (Wildman–Crippen LogP) is 1.01. The molecule has 5 nitrogen and oxygen atoms in total. The molecule has 0 atom stereocenters. The first-order valence-corrected chi connectivity index (χ1v) is 5.49. The van der Waals surface area contributed by atoms with Gasteiger partial charge in [-0.05, 0) is 19.1 Å². The van der Waals surface area contributed by atoms with Crippen LogP contribution in [0.15, 0.2) is 24.3 Å². The highest BCUT2D eigenvalue weighted by Crippen LogP contribution is 2.28. The van der Waals surface area contributed by atoms with Gasteiger partial charge in [0.2, 0.25) is 5.91 Å². The summed E-state index contributed by atoms with van der Waals surface area (Å²) in [6, 6.07) is 7.22. The van der Waals surface area contributed by atoms with Crippen LogP contribution in [0.4, 0.5) is 11.4 Å². The quantitative estimate of drug-likeness (QED) is 0.849. The number of carbonyl (C=O) groups is 2. The van der Waals surface area contributed by atoms with E-state index in [0.29, 0.717) is 12.3 Å². The normalized spacial score (nSPS) is 14.2. The van der Waals surface area contributed by atoms with E-state index in [0.717, 1.165) is 5.69 Å². The van der Waals surface area contributed by atoms with E-state index in [2.05, 4.69) is 5.32 Å². The van der Waals surface area contributed by atoms with Gasteiger partial charge in [-0.2, -0.15) is 0 Å². The Hall–Kier alpha value is -1.88. The fourth-order valence-corrected chi connectivity index (χ4v) is 1.72. The Morgan fingerprint density at radius 2 is 2.24 bits per heavy atom. The van der Waals surface area contributed by atoms with Crippen molar-refractivity contribution >= 4 is 23.2 Å². The first kappa shape index (κ1) is 11.6. The third-order valence-electron chi connectivity index (χ3n) is 2.50. The van der Waals surface area contributed by atoms with Gasteiger partial charge in [0.15, 0.2) is 0 Å². The summed E-state index contributed by atoms with van der Waals surface area (Å²) in [5.74, 6) is -0.386. The maximum absolute atomic E-state index is 11.9. The van der Waals surface area contributed by atoms with Crippen molar-refractivity contribution in [3.8, 4) is 0 Å². The summed E-state index contributed by atoms with van der Waals surface area (Å²) in [7, 11) is 0. The molecule has 5 heteroatoms. The Morgan fingerprint density at radius 1 is 1.47 bits per heavy atom. The molecule has 1 aromatic rings. The molecular weight excluding hydrogens is 220 g/mol. The molecule has 0 bridgehead atoms. The summed E-state index contributed by atoms with van der Waals surface area (Å²) in [6.07, 6.45) is 0. The van der Waals surface area contributed by atoms with Crippen molar-refractivity contribution in [3.05, 3.63) is 24.3 Å². The van der Waals surface area contributed by atoms with Gasteiger partial charge < -0.3 is 10.1 Å². The summed E-state index contributed by atoms with van der Waals surface area (Å²) in [5.41, 5.74) is 1.38. The summed E-state index contributed by atoms with van der Waals surface area (Å²) < 4.78 is 5.08. The Bertz CT molecular complexity index is 445. The number of benzene rings is 1. The SMILES string of the molecule is CCOCC(=O)N1CC(=O)Nc2ccccc21. The van der Waals surface area contributed by atoms with E-state index in [4.69, 9.17) is 4.74 Å². The topological polar surface area (TPSA) is 58.6 Å². The third kappa shape index (κ3) is 2.45. The van der Waals surface area contributed by atoms with Crippen LogP contribution in [0.3, 0.4) is 0 Å². The number of fused-ring (bicyclic) bond motifs is 1. The van der Waals surface area contributed by atoms with E-state index in [1.165, 1.54) is 4.90 Å². The molecule has 1 aromatic carbocycles. The Labute approximate surface area is 99.4 Å². The van der Waals surface area contributed by atoms with Crippen molar-refractivity contribution in [1.82, 2.24) is 0 Å². The van der Waals surface area contributed by atoms with Crippen molar-refractivity contribution in [1.29, 1.82) is 0 Å². The van der Waals surface area contributed by atoms with E-state index in [-0.39, 0.29) is 25.0 Å². The van der Waals surface area contributed by atoms with E-state index < -0.39 is 0 Å². The monoisotopic (exact) mass is 234 g/mol. The van der Waals surface area contributed by atoms with E-state index in [9.17, 15) is 9.59 Å². The largest absolute Gasteiger partial charge is 0.372 e. The lowest BCUT2D eigenvalue weighted by Crippen LogP contribution is -2.43. The molecule has 0 spiro atoms. The van der Waals surface area contributed by atoms with Crippen LogP contribution in [-0.4, -0.2) is 31.6 Å². The first-order valence-electron chi connectivity index (χ1n) is 5.49. The highest BCUT2D eigenvalue weighted by molar-refractivity contribution is 6.10. The summed E-state index contributed by atoms with van der Waals surface area (Å²) in [6.45, 7) is 2.35. The molecule has 90 valence electrons. The molecule has 0 aromatic heterocycles. The van der Waals surface area contributed by atoms with Crippen LogP contribution in [0.25, 0.3) is 0 Å². The standard InChI is InChI=1S/C12H14N2O3/c1-2-17-8-12(16)14-7-11(15)13-9-5-3-4-6-10(9)14/h3-6H,2,7-8H2,1H3,(H,13,15). The maximum atomic E-state index is 11.9. The number of ether oxygens (including phenoxy) is 1. The average Bonchev–Trinajstić information content (AvgIpc) is 2.34. The minimum atomic E-state index is -0.200. The molecule has 1 aliphatic rings. The van der Waals surface area contributed by atoms with Gasteiger partial charge in [-0.25, -0.2) is 0 Å². The lowest BCUT2D eigenvalue weighted by molar-refractivity contribution is -0.125. The molecule has 0 fully saturated rings. The zero-order valence-electron chi connectivity index (χ0n) is 9.60. The smallest absolute Gasteiger partial charge is 0.253 e. The van der Waals surface area contributed by atoms with Crippen LogP contribution in [0.5, 0.6) is 0 Å². The lowest BCUT2D eigenvalue weighted by atomic mass is 10.2. The third-order valence-corrected chi connectivity index (χ3v) is 2.50. The summed E-state index contributed by atoms with van der Waals surface area (Å²) in [4.78, 5) is 24.8. The van der Waals surface area contributed by atoms with Crippen molar-refractivity contribution in [2.45, 2.75) is 6.92 Å². The van der Waals surface area contributed by atoms with Crippen LogP contribution in [0.1, 0.15) is 6.92 Å². The number of nitrogens with zero attached hydrogens (tertiary/aromatic N) is 1. The molecule has 2 rings (SSSR count). The van der Waals surface area contributed by atoms with Crippen molar-refractivity contribution in [2.24, 2.45) is 0 Å². The van der Waals surface area contributed by atoms with Gasteiger partial charge in [0, 0.05) is 6.61 Å². The number of hydrogen-bond acceptors (Lipinski definition) is 3. The second kappa shape index (κ2) is 4.97. The summed E-state index contributed by atoms with van der Waals surface area (Å²) >= 11 is 0. The van der Waals surface area contributed by atoms with E-state index in [1.807, 2.05) is 19.1 Å². The first-order chi connectivity index (χ1) is 8.22. The van der Waals surface area contributed by atoms with Crippen LogP contribution < -0.4 is 10.2 Å². The molecule has 0 unspecified atom stereocenters. The molecule has 17 heavy (non-hydrogen) atoms. The number of rotatable bonds is 3. The van der Waals surface area contributed by atoms with Crippen LogP contribution in [-0.2, 0) is 14.3 Å². The molecule has 0 radical (unpaired) electrons. The number of hydrogen-bond donors (Lipinski definition) is 1. The molecular formula is C12H14N2O3. The molecule has 1 heterocycles. The maximum Gasteiger partial charge on any atom is 0.253 e. The molecule has 2 amide bonds. The van der Waals surface area contributed by atoms with Gasteiger partial charge in [0.05, 0.1) is 11.4 Å². The lowest BCUT2D eigenvalue weighted by Gasteiger charge is -2.28. The van der Waals surface area contributed by atoms with Crippen LogP contribution in [0.2, 0.25) is 0 Å². The molecule has 0 saturated heterocycles. The fraction of sp³-hybridized carbons (Fsp3) is 0.333. The van der Waals surface area contributed by atoms with Gasteiger partial charge in [0.1, 0.15) is 13.2 Å². The van der Waals surface area contributed by atoms with Gasteiger partial charge >= 0.3 is 0 Å². The fourth-order valence-electron chi connectivity index (χ4n) is 1.72. The highest BCUT2D eigenvalue weighted by atomic mass is 16.5. The molecule has 0 aliphatic carbocycles.